The predicted octanol–water partition coefficient (Wildman–Crippen LogP) is 3.91. The fourth-order valence-electron chi connectivity index (χ4n) is 1.85. The molecule has 0 atom stereocenters. The van der Waals surface area contributed by atoms with Crippen molar-refractivity contribution < 1.29 is 14.3 Å². The normalized spacial score (nSPS) is 10.4. The van der Waals surface area contributed by atoms with Crippen molar-refractivity contribution in [3.05, 3.63) is 45.4 Å². The topological polar surface area (TPSA) is 48.4 Å². The summed E-state index contributed by atoms with van der Waals surface area (Å²) in [6, 6.07) is 7.07. The number of carbonyl (C=O) groups excluding carboxylic acids is 1. The second-order valence-corrected chi connectivity index (χ2v) is 5.98. The lowest BCUT2D eigenvalue weighted by Crippen LogP contribution is -2.05. The second-order valence-electron chi connectivity index (χ2n) is 4.69. The highest BCUT2D eigenvalue weighted by molar-refractivity contribution is 7.11. The Bertz CT molecular complexity index is 622. The third-order valence-electron chi connectivity index (χ3n) is 2.88. The summed E-state index contributed by atoms with van der Waals surface area (Å²) in [4.78, 5) is 17.4. The molecule has 21 heavy (non-hydrogen) atoms. The molecule has 0 radical (unpaired) electrons. The predicted molar refractivity (Wildman–Crippen MR) is 82.9 cm³/mol. The monoisotopic (exact) mass is 305 g/mol. The number of aryl methyl sites for hydroxylation is 2. The standard InChI is InChI=1S/C16H19NO3S/c1-4-8-19-14-7-5-6-13(9-14)16(18)20-10-15-11(2)17-12(3)21-15/h5-7,9H,4,8,10H2,1-3H3. The van der Waals surface area contributed by atoms with Crippen molar-refractivity contribution >= 4 is 17.3 Å². The van der Waals surface area contributed by atoms with E-state index in [1.807, 2.05) is 26.8 Å². The van der Waals surface area contributed by atoms with Gasteiger partial charge in [-0.1, -0.05) is 13.0 Å². The second kappa shape index (κ2) is 7.22. The van der Waals surface area contributed by atoms with Gasteiger partial charge in [0, 0.05) is 0 Å². The van der Waals surface area contributed by atoms with E-state index in [-0.39, 0.29) is 12.6 Å². The van der Waals surface area contributed by atoms with Crippen LogP contribution in [0, 0.1) is 13.8 Å². The summed E-state index contributed by atoms with van der Waals surface area (Å²) in [5, 5.41) is 0.980. The Balaban J connectivity index is 1.98. The van der Waals surface area contributed by atoms with E-state index in [0.717, 1.165) is 22.0 Å². The number of hydrogen-bond donors (Lipinski definition) is 0. The molecule has 2 aromatic rings. The Hall–Kier alpha value is -1.88. The molecule has 112 valence electrons. The molecule has 0 fully saturated rings. The van der Waals surface area contributed by atoms with Crippen molar-refractivity contribution in [2.24, 2.45) is 0 Å². The molecule has 0 saturated heterocycles. The van der Waals surface area contributed by atoms with Crippen LogP contribution < -0.4 is 4.74 Å². The maximum Gasteiger partial charge on any atom is 0.338 e. The smallest absolute Gasteiger partial charge is 0.338 e. The van der Waals surface area contributed by atoms with Gasteiger partial charge < -0.3 is 9.47 Å². The van der Waals surface area contributed by atoms with Crippen LogP contribution in [0.3, 0.4) is 0 Å². The third kappa shape index (κ3) is 4.29. The van der Waals surface area contributed by atoms with Crippen molar-refractivity contribution in [3.8, 4) is 5.75 Å². The number of esters is 1. The van der Waals surface area contributed by atoms with Gasteiger partial charge in [-0.15, -0.1) is 11.3 Å². The molecule has 0 spiro atoms. The van der Waals surface area contributed by atoms with Crippen LogP contribution in [0.5, 0.6) is 5.75 Å². The van der Waals surface area contributed by atoms with E-state index in [4.69, 9.17) is 9.47 Å². The molecule has 0 N–H and O–H groups in total. The van der Waals surface area contributed by atoms with Crippen molar-refractivity contribution in [3.63, 3.8) is 0 Å². The van der Waals surface area contributed by atoms with Gasteiger partial charge in [0.15, 0.2) is 0 Å². The van der Waals surface area contributed by atoms with Gasteiger partial charge in [-0.05, 0) is 38.5 Å². The van der Waals surface area contributed by atoms with E-state index < -0.39 is 0 Å². The zero-order valence-corrected chi connectivity index (χ0v) is 13.3. The van der Waals surface area contributed by atoms with Crippen LogP contribution in [0.15, 0.2) is 24.3 Å². The van der Waals surface area contributed by atoms with Gasteiger partial charge in [-0.25, -0.2) is 9.78 Å². The summed E-state index contributed by atoms with van der Waals surface area (Å²) in [6.07, 6.45) is 0.929. The van der Waals surface area contributed by atoms with Crippen LogP contribution in [0.4, 0.5) is 0 Å². The van der Waals surface area contributed by atoms with Gasteiger partial charge in [0.05, 0.1) is 27.7 Å². The number of hydrogen-bond acceptors (Lipinski definition) is 5. The number of aromatic nitrogens is 1. The minimum Gasteiger partial charge on any atom is -0.494 e. The summed E-state index contributed by atoms with van der Waals surface area (Å²) in [5.41, 5.74) is 1.42. The molecule has 0 amide bonds. The minimum atomic E-state index is -0.345. The van der Waals surface area contributed by atoms with Gasteiger partial charge in [0.25, 0.3) is 0 Å². The van der Waals surface area contributed by atoms with Gasteiger partial charge in [-0.2, -0.15) is 0 Å². The van der Waals surface area contributed by atoms with Crippen LogP contribution in [-0.4, -0.2) is 17.6 Å². The Morgan fingerprint density at radius 1 is 1.33 bits per heavy atom. The van der Waals surface area contributed by atoms with Gasteiger partial charge >= 0.3 is 5.97 Å². The molecule has 0 saturated carbocycles. The molecular formula is C16H19NO3S. The first-order valence-electron chi connectivity index (χ1n) is 6.93. The van der Waals surface area contributed by atoms with Crippen molar-refractivity contribution in [1.82, 2.24) is 4.98 Å². The fraction of sp³-hybridized carbons (Fsp3) is 0.375. The first-order chi connectivity index (χ1) is 10.1. The Morgan fingerprint density at radius 3 is 2.81 bits per heavy atom. The maximum atomic E-state index is 12.1. The van der Waals surface area contributed by atoms with E-state index in [1.54, 1.807) is 29.5 Å². The molecule has 4 nitrogen and oxygen atoms in total. The van der Waals surface area contributed by atoms with Crippen LogP contribution in [-0.2, 0) is 11.3 Å². The molecule has 0 aliphatic carbocycles. The molecule has 1 aromatic carbocycles. The number of thiazole rings is 1. The lowest BCUT2D eigenvalue weighted by Gasteiger charge is -2.07. The van der Waals surface area contributed by atoms with E-state index in [0.29, 0.717) is 17.9 Å². The zero-order chi connectivity index (χ0) is 15.2. The molecule has 0 aliphatic rings. The SMILES string of the molecule is CCCOc1cccc(C(=O)OCc2sc(C)nc2C)c1. The molecule has 1 heterocycles. The minimum absolute atomic E-state index is 0.260. The van der Waals surface area contributed by atoms with Crippen molar-refractivity contribution in [2.45, 2.75) is 33.8 Å². The summed E-state index contributed by atoms with van der Waals surface area (Å²) >= 11 is 1.55. The van der Waals surface area contributed by atoms with Gasteiger partial charge in [0.2, 0.25) is 0 Å². The number of carbonyl (C=O) groups is 1. The Morgan fingerprint density at radius 2 is 2.14 bits per heavy atom. The number of ether oxygens (including phenoxy) is 2. The number of benzene rings is 1. The van der Waals surface area contributed by atoms with Crippen molar-refractivity contribution in [1.29, 1.82) is 0 Å². The first-order valence-corrected chi connectivity index (χ1v) is 7.74. The third-order valence-corrected chi connectivity index (χ3v) is 3.92. The van der Waals surface area contributed by atoms with Crippen LogP contribution >= 0.6 is 11.3 Å². The largest absolute Gasteiger partial charge is 0.494 e. The van der Waals surface area contributed by atoms with Crippen LogP contribution in [0.25, 0.3) is 0 Å². The van der Waals surface area contributed by atoms with Crippen LogP contribution in [0.1, 0.15) is 39.3 Å². The maximum absolute atomic E-state index is 12.1. The van der Waals surface area contributed by atoms with Crippen LogP contribution in [0.2, 0.25) is 0 Å². The quantitative estimate of drug-likeness (QED) is 0.759. The van der Waals surface area contributed by atoms with E-state index in [9.17, 15) is 4.79 Å². The Labute approximate surface area is 128 Å². The van der Waals surface area contributed by atoms with E-state index in [1.165, 1.54) is 0 Å². The molecule has 1 aromatic heterocycles. The number of nitrogens with zero attached hydrogens (tertiary/aromatic N) is 1. The summed E-state index contributed by atoms with van der Waals surface area (Å²) in [5.74, 6) is 0.346. The first kappa shape index (κ1) is 15.5. The average molecular weight is 305 g/mol. The van der Waals surface area contributed by atoms with E-state index >= 15 is 0 Å². The molecular weight excluding hydrogens is 286 g/mol. The molecule has 0 bridgehead atoms. The molecule has 0 unspecified atom stereocenters. The Kier molecular flexibility index (Phi) is 5.33. The van der Waals surface area contributed by atoms with Gasteiger partial charge in [-0.3, -0.25) is 0 Å². The fourth-order valence-corrected chi connectivity index (χ4v) is 2.70. The lowest BCUT2D eigenvalue weighted by atomic mass is 10.2. The molecule has 5 heteroatoms. The highest BCUT2D eigenvalue weighted by Crippen LogP contribution is 2.19. The van der Waals surface area contributed by atoms with E-state index in [2.05, 4.69) is 4.98 Å². The molecule has 2 rings (SSSR count). The van der Waals surface area contributed by atoms with Crippen molar-refractivity contribution in [2.75, 3.05) is 6.61 Å². The average Bonchev–Trinajstić information content (AvgIpc) is 2.81. The van der Waals surface area contributed by atoms with Gasteiger partial charge in [0.1, 0.15) is 12.4 Å². The summed E-state index contributed by atoms with van der Waals surface area (Å²) < 4.78 is 10.9. The lowest BCUT2D eigenvalue weighted by molar-refractivity contribution is 0.0475. The highest BCUT2D eigenvalue weighted by Gasteiger charge is 2.11. The summed E-state index contributed by atoms with van der Waals surface area (Å²) in [7, 11) is 0. The molecule has 0 aliphatic heterocycles. The number of rotatable bonds is 6. The highest BCUT2D eigenvalue weighted by atomic mass is 32.1. The zero-order valence-electron chi connectivity index (χ0n) is 12.5. The summed E-state index contributed by atoms with van der Waals surface area (Å²) in [6.45, 7) is 6.80.